The number of halogens is 1. The predicted octanol–water partition coefficient (Wildman–Crippen LogP) is 2.33. The lowest BCUT2D eigenvalue weighted by molar-refractivity contribution is 0.307. The molecule has 1 aromatic heterocycles. The monoisotopic (exact) mass is 274 g/mol. The Balaban J connectivity index is 1.99. The molecular weight excluding hydrogens is 264 g/mol. The number of rotatable bonds is 2. The van der Waals surface area contributed by atoms with Crippen molar-refractivity contribution in [1.29, 1.82) is 5.26 Å². The lowest BCUT2D eigenvalue weighted by Crippen LogP contribution is -2.32. The highest BCUT2D eigenvalue weighted by atomic mass is 35.5. The van der Waals surface area contributed by atoms with E-state index in [1.807, 2.05) is 6.20 Å². The van der Waals surface area contributed by atoms with E-state index >= 15 is 0 Å². The Kier molecular flexibility index (Phi) is 3.02. The van der Waals surface area contributed by atoms with Gasteiger partial charge in [-0.25, -0.2) is 4.98 Å². The number of nitriles is 1. The summed E-state index contributed by atoms with van der Waals surface area (Å²) in [5, 5.41) is 9.49. The topological polar surface area (TPSA) is 64.9 Å². The molecule has 2 aromatic rings. The number of imidazole rings is 1. The molecule has 0 radical (unpaired) electrons. The maximum absolute atomic E-state index is 9.02. The third-order valence-electron chi connectivity index (χ3n) is 3.01. The molecule has 2 heterocycles. The van der Waals surface area contributed by atoms with Gasteiger partial charge in [0.1, 0.15) is 6.61 Å². The molecule has 3 rings (SSSR count). The number of benzene rings is 1. The van der Waals surface area contributed by atoms with E-state index in [4.69, 9.17) is 21.6 Å². The Morgan fingerprint density at radius 2 is 2.42 bits per heavy atom. The van der Waals surface area contributed by atoms with Crippen molar-refractivity contribution in [2.75, 3.05) is 18.1 Å². The van der Waals surface area contributed by atoms with Crippen LogP contribution in [0.25, 0.3) is 0 Å². The summed E-state index contributed by atoms with van der Waals surface area (Å²) in [5.41, 5.74) is 2.31. The molecule has 0 saturated carbocycles. The minimum Gasteiger partial charge on any atom is -0.488 e. The van der Waals surface area contributed by atoms with Crippen molar-refractivity contribution in [3.8, 4) is 11.8 Å². The first kappa shape index (κ1) is 11.9. The van der Waals surface area contributed by atoms with Crippen LogP contribution in [0.2, 0.25) is 5.02 Å². The molecule has 0 spiro atoms. The summed E-state index contributed by atoms with van der Waals surface area (Å²) in [6.45, 7) is 1.97. The van der Waals surface area contributed by atoms with E-state index in [0.717, 1.165) is 17.9 Å². The molecule has 0 atom stereocenters. The van der Waals surface area contributed by atoms with Crippen molar-refractivity contribution in [3.05, 3.63) is 40.9 Å². The van der Waals surface area contributed by atoms with Crippen molar-refractivity contribution in [2.24, 2.45) is 0 Å². The van der Waals surface area contributed by atoms with Gasteiger partial charge in [-0.3, -0.25) is 0 Å². The van der Waals surface area contributed by atoms with Crippen LogP contribution >= 0.6 is 11.6 Å². The number of ether oxygens (including phenoxy) is 1. The van der Waals surface area contributed by atoms with E-state index in [-0.39, 0.29) is 0 Å². The van der Waals surface area contributed by atoms with Crippen LogP contribution < -0.4 is 9.64 Å². The van der Waals surface area contributed by atoms with Crippen molar-refractivity contribution < 1.29 is 4.74 Å². The summed E-state index contributed by atoms with van der Waals surface area (Å²) in [6, 6.07) is 5.53. The lowest BCUT2D eigenvalue weighted by Gasteiger charge is -2.31. The largest absolute Gasteiger partial charge is 0.488 e. The number of hydrogen-bond donors (Lipinski definition) is 1. The summed E-state index contributed by atoms with van der Waals surface area (Å²) in [4.78, 5) is 9.25. The molecule has 0 fully saturated rings. The Labute approximate surface area is 115 Å². The maximum atomic E-state index is 9.02. The third-order valence-corrected chi connectivity index (χ3v) is 3.29. The molecule has 19 heavy (non-hydrogen) atoms. The van der Waals surface area contributed by atoms with E-state index in [2.05, 4.69) is 20.9 Å². The van der Waals surface area contributed by atoms with E-state index in [0.29, 0.717) is 29.5 Å². The molecule has 0 saturated heterocycles. The Morgan fingerprint density at radius 3 is 3.16 bits per heavy atom. The summed E-state index contributed by atoms with van der Waals surface area (Å²) in [7, 11) is 0. The molecule has 0 amide bonds. The van der Waals surface area contributed by atoms with Gasteiger partial charge in [0, 0.05) is 6.20 Å². The Bertz CT molecular complexity index is 633. The average molecular weight is 275 g/mol. The van der Waals surface area contributed by atoms with Crippen LogP contribution in [0.4, 0.5) is 5.69 Å². The zero-order chi connectivity index (χ0) is 13.2. The zero-order valence-corrected chi connectivity index (χ0v) is 10.8. The fraction of sp³-hybridized carbons (Fsp3) is 0.231. The molecule has 5 nitrogen and oxygen atoms in total. The highest BCUT2D eigenvalue weighted by Gasteiger charge is 2.22. The number of nitrogens with one attached hydrogen (secondary N) is 1. The molecule has 0 aliphatic carbocycles. The first-order chi connectivity index (χ1) is 9.28. The standard InChI is InChI=1S/C13H11ClN4O/c14-11-3-9(5-15)4-12-13(11)19-2-1-18(12)7-10-6-16-8-17-10/h3-4,6,8H,1-2,7H2,(H,16,17). The molecular formula is C13H11ClN4O. The molecule has 0 unspecified atom stereocenters. The fourth-order valence-electron chi connectivity index (χ4n) is 2.14. The van der Waals surface area contributed by atoms with E-state index in [9.17, 15) is 0 Å². The van der Waals surface area contributed by atoms with Crippen LogP contribution in [-0.2, 0) is 6.54 Å². The second-order valence-corrected chi connectivity index (χ2v) is 4.66. The van der Waals surface area contributed by atoms with E-state index < -0.39 is 0 Å². The normalized spacial score (nSPS) is 13.6. The van der Waals surface area contributed by atoms with E-state index in [1.54, 1.807) is 18.5 Å². The van der Waals surface area contributed by atoms with E-state index in [1.165, 1.54) is 0 Å². The smallest absolute Gasteiger partial charge is 0.161 e. The summed E-state index contributed by atoms with van der Waals surface area (Å²) >= 11 is 6.15. The number of nitrogens with zero attached hydrogens (tertiary/aromatic N) is 3. The number of aromatic nitrogens is 2. The van der Waals surface area contributed by atoms with Crippen LogP contribution in [0.3, 0.4) is 0 Å². The first-order valence-corrected chi connectivity index (χ1v) is 6.25. The van der Waals surface area contributed by atoms with Crippen LogP contribution in [0.1, 0.15) is 11.3 Å². The summed E-state index contributed by atoms with van der Waals surface area (Å²) < 4.78 is 5.59. The number of aromatic amines is 1. The van der Waals surface area contributed by atoms with Crippen LogP contribution in [-0.4, -0.2) is 23.1 Å². The van der Waals surface area contributed by atoms with Gasteiger partial charge in [-0.05, 0) is 12.1 Å². The van der Waals surface area contributed by atoms with Crippen LogP contribution in [0.5, 0.6) is 5.75 Å². The van der Waals surface area contributed by atoms with Gasteiger partial charge in [-0.1, -0.05) is 11.6 Å². The van der Waals surface area contributed by atoms with Gasteiger partial charge in [0.2, 0.25) is 0 Å². The first-order valence-electron chi connectivity index (χ1n) is 5.87. The minimum absolute atomic E-state index is 0.473. The van der Waals surface area contributed by atoms with Crippen molar-refractivity contribution in [1.82, 2.24) is 9.97 Å². The van der Waals surface area contributed by atoms with Gasteiger partial charge in [-0.15, -0.1) is 0 Å². The predicted molar refractivity (Wildman–Crippen MR) is 71.3 cm³/mol. The highest BCUT2D eigenvalue weighted by molar-refractivity contribution is 6.32. The van der Waals surface area contributed by atoms with Gasteiger partial charge < -0.3 is 14.6 Å². The molecule has 0 bridgehead atoms. The minimum atomic E-state index is 0.473. The fourth-order valence-corrected chi connectivity index (χ4v) is 2.41. The number of anilines is 1. The lowest BCUT2D eigenvalue weighted by atomic mass is 10.1. The van der Waals surface area contributed by atoms with Gasteiger partial charge in [0.05, 0.1) is 47.5 Å². The SMILES string of the molecule is N#Cc1cc(Cl)c2c(c1)N(Cc1c[nH]cn1)CCO2. The van der Waals surface area contributed by atoms with Crippen molar-refractivity contribution in [2.45, 2.75) is 6.54 Å². The molecule has 1 aromatic carbocycles. The Hall–Kier alpha value is -2.19. The summed E-state index contributed by atoms with van der Waals surface area (Å²) in [5.74, 6) is 0.641. The zero-order valence-electron chi connectivity index (χ0n) is 10.1. The summed E-state index contributed by atoms with van der Waals surface area (Å²) in [6.07, 6.45) is 3.50. The molecule has 1 aliphatic heterocycles. The van der Waals surface area contributed by atoms with Gasteiger partial charge in [0.25, 0.3) is 0 Å². The van der Waals surface area contributed by atoms with Gasteiger partial charge >= 0.3 is 0 Å². The van der Waals surface area contributed by atoms with Crippen molar-refractivity contribution >= 4 is 17.3 Å². The third kappa shape index (κ3) is 2.23. The molecule has 1 aliphatic rings. The van der Waals surface area contributed by atoms with Crippen LogP contribution in [0.15, 0.2) is 24.7 Å². The second-order valence-electron chi connectivity index (χ2n) is 4.25. The molecule has 96 valence electrons. The quantitative estimate of drug-likeness (QED) is 0.913. The van der Waals surface area contributed by atoms with Crippen molar-refractivity contribution in [3.63, 3.8) is 0 Å². The number of fused-ring (bicyclic) bond motifs is 1. The molecule has 6 heteroatoms. The maximum Gasteiger partial charge on any atom is 0.161 e. The highest BCUT2D eigenvalue weighted by Crippen LogP contribution is 2.39. The van der Waals surface area contributed by atoms with Crippen LogP contribution in [0, 0.1) is 11.3 Å². The number of hydrogen-bond acceptors (Lipinski definition) is 4. The number of H-pyrrole nitrogens is 1. The Morgan fingerprint density at radius 1 is 1.53 bits per heavy atom. The van der Waals surface area contributed by atoms with Gasteiger partial charge in [0.15, 0.2) is 5.75 Å². The van der Waals surface area contributed by atoms with Gasteiger partial charge in [-0.2, -0.15) is 5.26 Å². The molecule has 1 N–H and O–H groups in total. The second kappa shape index (κ2) is 4.82. The average Bonchev–Trinajstić information content (AvgIpc) is 2.92.